The molecule has 0 bridgehead atoms. The summed E-state index contributed by atoms with van der Waals surface area (Å²) in [4.78, 5) is 33.6. The topological polar surface area (TPSA) is 119 Å². The van der Waals surface area contributed by atoms with Crippen LogP contribution < -0.4 is 11.1 Å². The maximum Gasteiger partial charge on any atom is 0.326 e. The lowest BCUT2D eigenvalue weighted by atomic mass is 10.0. The van der Waals surface area contributed by atoms with E-state index in [-0.39, 0.29) is 18.8 Å². The number of nitrogens with one attached hydrogen (secondary N) is 1. The molecule has 1 unspecified atom stereocenters. The van der Waals surface area contributed by atoms with E-state index in [0.29, 0.717) is 6.42 Å². The number of esters is 1. The minimum absolute atomic E-state index is 0.0256. The van der Waals surface area contributed by atoms with Gasteiger partial charge in [0.1, 0.15) is 6.04 Å². The number of carboxylic acid groups (broad SMARTS) is 1. The number of ether oxygens (including phenoxy) is 1. The van der Waals surface area contributed by atoms with E-state index in [1.54, 1.807) is 0 Å². The standard InChI is InChI=1S/C12H22N2O5/c1-7(2)6-8(13)11(16)14-9(12(17)18)4-5-10(15)19-3/h7-9H,4-6,13H2,1-3H3,(H,14,16)(H,17,18)/t8?,9-/m0/s1. The van der Waals surface area contributed by atoms with Crippen molar-refractivity contribution < 1.29 is 24.2 Å². The van der Waals surface area contributed by atoms with Crippen molar-refractivity contribution in [2.24, 2.45) is 11.7 Å². The number of carbonyl (C=O) groups excluding carboxylic acids is 2. The van der Waals surface area contributed by atoms with Gasteiger partial charge in [0.15, 0.2) is 0 Å². The van der Waals surface area contributed by atoms with Crippen molar-refractivity contribution in [3.63, 3.8) is 0 Å². The van der Waals surface area contributed by atoms with Gasteiger partial charge in [-0.05, 0) is 18.8 Å². The Kier molecular flexibility index (Phi) is 7.74. The number of hydrogen-bond acceptors (Lipinski definition) is 5. The van der Waals surface area contributed by atoms with Crippen LogP contribution in [0, 0.1) is 5.92 Å². The summed E-state index contributed by atoms with van der Waals surface area (Å²) in [7, 11) is 1.22. The molecule has 0 aliphatic heterocycles. The number of methoxy groups -OCH3 is 1. The summed E-state index contributed by atoms with van der Waals surface area (Å²) in [6, 6.07) is -1.88. The zero-order valence-electron chi connectivity index (χ0n) is 11.5. The summed E-state index contributed by atoms with van der Waals surface area (Å²) in [5, 5.41) is 11.3. The lowest BCUT2D eigenvalue weighted by Gasteiger charge is -2.18. The Morgan fingerprint density at radius 3 is 2.32 bits per heavy atom. The molecular formula is C12H22N2O5. The van der Waals surface area contributed by atoms with Gasteiger partial charge in [0, 0.05) is 6.42 Å². The largest absolute Gasteiger partial charge is 0.480 e. The molecule has 0 aliphatic carbocycles. The van der Waals surface area contributed by atoms with E-state index in [1.807, 2.05) is 13.8 Å². The molecule has 0 aromatic heterocycles. The van der Waals surface area contributed by atoms with E-state index < -0.39 is 29.9 Å². The fourth-order valence-corrected chi connectivity index (χ4v) is 1.52. The highest BCUT2D eigenvalue weighted by Crippen LogP contribution is 2.05. The first-order valence-electron chi connectivity index (χ1n) is 6.13. The Bertz CT molecular complexity index is 330. The van der Waals surface area contributed by atoms with E-state index in [2.05, 4.69) is 10.1 Å². The van der Waals surface area contributed by atoms with Crippen LogP contribution in [0.15, 0.2) is 0 Å². The molecule has 7 heteroatoms. The van der Waals surface area contributed by atoms with E-state index >= 15 is 0 Å². The quantitative estimate of drug-likeness (QED) is 0.531. The lowest BCUT2D eigenvalue weighted by Crippen LogP contribution is -2.48. The third-order valence-electron chi connectivity index (χ3n) is 2.54. The minimum atomic E-state index is -1.20. The first-order valence-corrected chi connectivity index (χ1v) is 6.13. The summed E-state index contributed by atoms with van der Waals surface area (Å²) in [6.07, 6.45) is 0.366. The second-order valence-electron chi connectivity index (χ2n) is 4.75. The molecule has 0 saturated carbocycles. The van der Waals surface area contributed by atoms with Crippen LogP contribution in [0.3, 0.4) is 0 Å². The predicted octanol–water partition coefficient (Wildman–Crippen LogP) is -0.118. The molecule has 0 fully saturated rings. The Balaban J connectivity index is 4.37. The number of carbonyl (C=O) groups is 3. The molecule has 0 aromatic carbocycles. The first kappa shape index (κ1) is 17.4. The summed E-state index contributed by atoms with van der Waals surface area (Å²) in [5.74, 6) is -2.01. The molecule has 0 heterocycles. The van der Waals surface area contributed by atoms with Gasteiger partial charge in [0.05, 0.1) is 13.2 Å². The van der Waals surface area contributed by atoms with Gasteiger partial charge < -0.3 is 20.9 Å². The second-order valence-corrected chi connectivity index (χ2v) is 4.75. The normalized spacial score (nSPS) is 13.7. The van der Waals surface area contributed by atoms with Crippen LogP contribution in [0.5, 0.6) is 0 Å². The number of nitrogens with two attached hydrogens (primary N) is 1. The lowest BCUT2D eigenvalue weighted by molar-refractivity contribution is -0.144. The van der Waals surface area contributed by atoms with Crippen LogP contribution in [0.1, 0.15) is 33.1 Å². The number of aliphatic carboxylic acids is 1. The Labute approximate surface area is 112 Å². The smallest absolute Gasteiger partial charge is 0.326 e. The molecule has 0 rings (SSSR count). The highest BCUT2D eigenvalue weighted by atomic mass is 16.5. The molecule has 4 N–H and O–H groups in total. The summed E-state index contributed by atoms with van der Waals surface area (Å²) < 4.78 is 4.42. The third-order valence-corrected chi connectivity index (χ3v) is 2.54. The van der Waals surface area contributed by atoms with Crippen LogP contribution in [0.25, 0.3) is 0 Å². The third kappa shape index (κ3) is 7.40. The molecule has 0 saturated heterocycles. The number of carboxylic acids is 1. The van der Waals surface area contributed by atoms with Crippen molar-refractivity contribution in [3.8, 4) is 0 Å². The molecule has 1 amide bonds. The maximum atomic E-state index is 11.7. The van der Waals surface area contributed by atoms with Gasteiger partial charge >= 0.3 is 11.9 Å². The van der Waals surface area contributed by atoms with Gasteiger partial charge in [-0.15, -0.1) is 0 Å². The van der Waals surface area contributed by atoms with Gasteiger partial charge in [-0.25, -0.2) is 4.79 Å². The average Bonchev–Trinajstić information content (AvgIpc) is 2.32. The number of amides is 1. The average molecular weight is 274 g/mol. The summed E-state index contributed by atoms with van der Waals surface area (Å²) >= 11 is 0. The number of hydrogen-bond donors (Lipinski definition) is 3. The van der Waals surface area contributed by atoms with Crippen LogP contribution in [-0.4, -0.2) is 42.1 Å². The van der Waals surface area contributed by atoms with Crippen LogP contribution in [-0.2, 0) is 19.1 Å². The van der Waals surface area contributed by atoms with Crippen molar-refractivity contribution in [2.45, 2.75) is 45.2 Å². The van der Waals surface area contributed by atoms with Gasteiger partial charge in [-0.1, -0.05) is 13.8 Å². The van der Waals surface area contributed by atoms with Gasteiger partial charge in [-0.3, -0.25) is 9.59 Å². The van der Waals surface area contributed by atoms with Crippen molar-refractivity contribution in [1.82, 2.24) is 5.32 Å². The fraction of sp³-hybridized carbons (Fsp3) is 0.750. The van der Waals surface area contributed by atoms with E-state index in [9.17, 15) is 14.4 Å². The van der Waals surface area contributed by atoms with Crippen molar-refractivity contribution in [2.75, 3.05) is 7.11 Å². The predicted molar refractivity (Wildman–Crippen MR) is 68.2 cm³/mol. The molecule has 0 radical (unpaired) electrons. The minimum Gasteiger partial charge on any atom is -0.480 e. The zero-order valence-corrected chi connectivity index (χ0v) is 11.5. The van der Waals surface area contributed by atoms with Crippen molar-refractivity contribution >= 4 is 17.8 Å². The summed E-state index contributed by atoms with van der Waals surface area (Å²) in [5.41, 5.74) is 5.65. The van der Waals surface area contributed by atoms with Crippen LogP contribution in [0.4, 0.5) is 0 Å². The van der Waals surface area contributed by atoms with Crippen molar-refractivity contribution in [3.05, 3.63) is 0 Å². The summed E-state index contributed by atoms with van der Waals surface area (Å²) in [6.45, 7) is 3.83. The molecule has 0 aromatic rings. The monoisotopic (exact) mass is 274 g/mol. The van der Waals surface area contributed by atoms with Gasteiger partial charge in [0.2, 0.25) is 5.91 Å². The Morgan fingerprint density at radius 2 is 1.89 bits per heavy atom. The molecule has 19 heavy (non-hydrogen) atoms. The van der Waals surface area contributed by atoms with Crippen LogP contribution >= 0.6 is 0 Å². The van der Waals surface area contributed by atoms with E-state index in [4.69, 9.17) is 10.8 Å². The van der Waals surface area contributed by atoms with E-state index in [1.165, 1.54) is 7.11 Å². The van der Waals surface area contributed by atoms with Crippen LogP contribution in [0.2, 0.25) is 0 Å². The van der Waals surface area contributed by atoms with Gasteiger partial charge in [0.25, 0.3) is 0 Å². The molecule has 0 aliphatic rings. The molecule has 0 spiro atoms. The molecular weight excluding hydrogens is 252 g/mol. The Hall–Kier alpha value is -1.63. The highest BCUT2D eigenvalue weighted by molar-refractivity contribution is 5.87. The SMILES string of the molecule is COC(=O)CC[C@H](NC(=O)C(N)CC(C)C)C(=O)O. The van der Waals surface area contributed by atoms with Crippen molar-refractivity contribution in [1.29, 1.82) is 0 Å². The second kappa shape index (κ2) is 8.47. The Morgan fingerprint density at radius 1 is 1.32 bits per heavy atom. The number of rotatable bonds is 8. The maximum absolute atomic E-state index is 11.7. The zero-order chi connectivity index (χ0) is 15.0. The fourth-order valence-electron chi connectivity index (χ4n) is 1.52. The molecule has 7 nitrogen and oxygen atoms in total. The molecule has 2 atom stereocenters. The van der Waals surface area contributed by atoms with Gasteiger partial charge in [-0.2, -0.15) is 0 Å². The highest BCUT2D eigenvalue weighted by Gasteiger charge is 2.24. The van der Waals surface area contributed by atoms with E-state index in [0.717, 1.165) is 0 Å². The molecule has 110 valence electrons. The first-order chi connectivity index (χ1) is 8.77.